The maximum Gasteiger partial charge on any atom is 0.410 e. The van der Waals surface area contributed by atoms with Crippen LogP contribution in [0.4, 0.5) is 13.6 Å². The molecule has 0 bridgehead atoms. The molecular weight excluding hydrogens is 292 g/mol. The molecule has 1 fully saturated rings. The van der Waals surface area contributed by atoms with E-state index in [1.54, 1.807) is 20.8 Å². The number of halogens is 2. The van der Waals surface area contributed by atoms with E-state index in [4.69, 9.17) is 4.74 Å². The monoisotopic (exact) mass is 313 g/mol. The summed E-state index contributed by atoms with van der Waals surface area (Å²) in [6.07, 6.45) is -0.807. The first-order valence-corrected chi connectivity index (χ1v) is 7.28. The predicted molar refractivity (Wildman–Crippen MR) is 77.5 cm³/mol. The lowest BCUT2D eigenvalue weighted by atomic mass is 9.88. The van der Waals surface area contributed by atoms with Gasteiger partial charge in [0.2, 0.25) is 0 Å². The van der Waals surface area contributed by atoms with Gasteiger partial charge >= 0.3 is 6.09 Å². The molecule has 0 radical (unpaired) electrons. The van der Waals surface area contributed by atoms with Crippen molar-refractivity contribution in [3.05, 3.63) is 35.4 Å². The van der Waals surface area contributed by atoms with Crippen LogP contribution in [-0.4, -0.2) is 40.9 Å². The van der Waals surface area contributed by atoms with E-state index in [1.165, 1.54) is 11.0 Å². The van der Waals surface area contributed by atoms with Gasteiger partial charge in [0, 0.05) is 19.0 Å². The van der Waals surface area contributed by atoms with Crippen molar-refractivity contribution in [2.45, 2.75) is 44.8 Å². The van der Waals surface area contributed by atoms with Gasteiger partial charge in [-0.15, -0.1) is 0 Å². The van der Waals surface area contributed by atoms with Crippen molar-refractivity contribution < 1.29 is 23.4 Å². The van der Waals surface area contributed by atoms with Crippen molar-refractivity contribution in [2.75, 3.05) is 13.1 Å². The number of nitrogens with zero attached hydrogens (tertiary/aromatic N) is 1. The molecule has 0 aliphatic carbocycles. The summed E-state index contributed by atoms with van der Waals surface area (Å²) in [4.78, 5) is 13.6. The summed E-state index contributed by atoms with van der Waals surface area (Å²) in [5.41, 5.74) is -0.135. The number of carbonyl (C=O) groups excluding carboxylic acids is 1. The van der Waals surface area contributed by atoms with Gasteiger partial charge in [0.25, 0.3) is 0 Å². The van der Waals surface area contributed by atoms with Gasteiger partial charge in [-0.3, -0.25) is 0 Å². The van der Waals surface area contributed by atoms with E-state index >= 15 is 0 Å². The minimum Gasteiger partial charge on any atom is -0.444 e. The third-order valence-corrected chi connectivity index (χ3v) is 3.60. The highest BCUT2D eigenvalue weighted by Gasteiger charge is 2.33. The molecule has 1 aromatic carbocycles. The highest BCUT2D eigenvalue weighted by Crippen LogP contribution is 2.29. The van der Waals surface area contributed by atoms with E-state index in [0.29, 0.717) is 18.5 Å². The van der Waals surface area contributed by atoms with Gasteiger partial charge in [0.15, 0.2) is 11.6 Å². The molecule has 1 aliphatic rings. The van der Waals surface area contributed by atoms with E-state index in [9.17, 15) is 18.7 Å². The van der Waals surface area contributed by atoms with Crippen LogP contribution in [0.5, 0.6) is 0 Å². The molecule has 122 valence electrons. The van der Waals surface area contributed by atoms with Crippen molar-refractivity contribution in [3.63, 3.8) is 0 Å². The van der Waals surface area contributed by atoms with Crippen LogP contribution in [0.1, 0.15) is 38.7 Å². The lowest BCUT2D eigenvalue weighted by Gasteiger charge is -2.37. The minimum absolute atomic E-state index is 0.209. The van der Waals surface area contributed by atoms with Crippen LogP contribution in [0.25, 0.3) is 0 Å². The van der Waals surface area contributed by atoms with Crippen molar-refractivity contribution in [1.82, 2.24) is 4.90 Å². The quantitative estimate of drug-likeness (QED) is 0.867. The van der Waals surface area contributed by atoms with Crippen LogP contribution >= 0.6 is 0 Å². The molecule has 0 aromatic heterocycles. The van der Waals surface area contributed by atoms with Gasteiger partial charge in [-0.25, -0.2) is 13.6 Å². The zero-order valence-electron chi connectivity index (χ0n) is 13.0. The molecule has 0 unspecified atom stereocenters. The second-order valence-electron chi connectivity index (χ2n) is 6.56. The smallest absolute Gasteiger partial charge is 0.410 e. The summed E-state index contributed by atoms with van der Waals surface area (Å²) < 4.78 is 31.7. The number of piperidine rings is 1. The Kier molecular flexibility index (Phi) is 4.70. The Bertz CT molecular complexity index is 557. The van der Waals surface area contributed by atoms with Gasteiger partial charge in [-0.05, 0) is 44.9 Å². The molecule has 1 heterocycles. The predicted octanol–water partition coefficient (Wildman–Crippen LogP) is 3.05. The summed E-state index contributed by atoms with van der Waals surface area (Å²) in [5, 5.41) is 10.1. The molecule has 1 amide bonds. The number of carbonyl (C=O) groups is 1. The number of hydrogen-bond acceptors (Lipinski definition) is 3. The Morgan fingerprint density at radius 3 is 2.59 bits per heavy atom. The molecule has 0 saturated carbocycles. The average Bonchev–Trinajstić information content (AvgIpc) is 2.40. The summed E-state index contributed by atoms with van der Waals surface area (Å²) in [5.74, 6) is -2.35. The van der Waals surface area contributed by atoms with Crippen LogP contribution in [0.3, 0.4) is 0 Å². The van der Waals surface area contributed by atoms with Crippen molar-refractivity contribution in [1.29, 1.82) is 0 Å². The van der Waals surface area contributed by atoms with Gasteiger partial charge in [0.05, 0.1) is 6.10 Å². The normalized spacial score (nSPS) is 22.5. The van der Waals surface area contributed by atoms with E-state index in [0.717, 1.165) is 12.1 Å². The number of rotatable bonds is 1. The SMILES string of the molecule is CC(C)(C)OC(=O)N1CC[C@H](O)[C@H](c2ccc(F)c(F)c2)C1. The fourth-order valence-corrected chi connectivity index (χ4v) is 2.50. The van der Waals surface area contributed by atoms with Gasteiger partial charge in [0.1, 0.15) is 5.60 Å². The molecule has 1 N–H and O–H groups in total. The number of ether oxygens (including phenoxy) is 1. The molecule has 4 nitrogen and oxygen atoms in total. The third-order valence-electron chi connectivity index (χ3n) is 3.60. The Balaban J connectivity index is 2.14. The Hall–Kier alpha value is -1.69. The van der Waals surface area contributed by atoms with Crippen molar-refractivity contribution in [3.8, 4) is 0 Å². The zero-order valence-corrected chi connectivity index (χ0v) is 13.0. The fourth-order valence-electron chi connectivity index (χ4n) is 2.50. The molecule has 2 atom stereocenters. The molecule has 1 aliphatic heterocycles. The number of likely N-dealkylation sites (tertiary alicyclic amines) is 1. The van der Waals surface area contributed by atoms with E-state index in [-0.39, 0.29) is 6.54 Å². The van der Waals surface area contributed by atoms with Crippen LogP contribution in [0, 0.1) is 11.6 Å². The molecule has 22 heavy (non-hydrogen) atoms. The van der Waals surface area contributed by atoms with Gasteiger partial charge in [-0.1, -0.05) is 6.07 Å². The number of benzene rings is 1. The lowest BCUT2D eigenvalue weighted by Crippen LogP contribution is -2.46. The lowest BCUT2D eigenvalue weighted by molar-refractivity contribution is 0.00404. The molecule has 1 aromatic rings. The maximum absolute atomic E-state index is 13.4. The first kappa shape index (κ1) is 16.7. The number of hydrogen-bond donors (Lipinski definition) is 1. The van der Waals surface area contributed by atoms with Crippen LogP contribution in [0.15, 0.2) is 18.2 Å². The van der Waals surface area contributed by atoms with Crippen LogP contribution in [0.2, 0.25) is 0 Å². The summed E-state index contributed by atoms with van der Waals surface area (Å²) in [7, 11) is 0. The van der Waals surface area contributed by atoms with Crippen molar-refractivity contribution in [2.24, 2.45) is 0 Å². The number of amides is 1. The highest BCUT2D eigenvalue weighted by molar-refractivity contribution is 5.68. The molecule has 6 heteroatoms. The third kappa shape index (κ3) is 3.94. The molecular formula is C16H21F2NO3. The summed E-state index contributed by atoms with van der Waals surface area (Å²) in [6.45, 7) is 5.90. The molecule has 1 saturated heterocycles. The van der Waals surface area contributed by atoms with E-state index < -0.39 is 35.4 Å². The topological polar surface area (TPSA) is 49.8 Å². The standard InChI is InChI=1S/C16H21F2NO3/c1-16(2,3)22-15(21)19-7-6-14(20)11(9-19)10-4-5-12(17)13(18)8-10/h4-5,8,11,14,20H,6-7,9H2,1-3H3/t11-,14-/m0/s1. The number of aliphatic hydroxyl groups excluding tert-OH is 1. The van der Waals surface area contributed by atoms with E-state index in [2.05, 4.69) is 0 Å². The second kappa shape index (κ2) is 6.20. The Morgan fingerprint density at radius 1 is 1.32 bits per heavy atom. The van der Waals surface area contributed by atoms with E-state index in [1.807, 2.05) is 0 Å². The number of aliphatic hydroxyl groups is 1. The van der Waals surface area contributed by atoms with Crippen LogP contribution in [-0.2, 0) is 4.74 Å². The fraction of sp³-hybridized carbons (Fsp3) is 0.562. The average molecular weight is 313 g/mol. The first-order chi connectivity index (χ1) is 10.2. The van der Waals surface area contributed by atoms with Crippen LogP contribution < -0.4 is 0 Å². The summed E-state index contributed by atoms with van der Waals surface area (Å²) in [6, 6.07) is 3.54. The zero-order chi connectivity index (χ0) is 16.5. The van der Waals surface area contributed by atoms with Gasteiger partial charge < -0.3 is 14.7 Å². The molecule has 0 spiro atoms. The maximum atomic E-state index is 13.4. The largest absolute Gasteiger partial charge is 0.444 e. The molecule has 2 rings (SSSR count). The van der Waals surface area contributed by atoms with Crippen molar-refractivity contribution >= 4 is 6.09 Å². The summed E-state index contributed by atoms with van der Waals surface area (Å²) >= 11 is 0. The minimum atomic E-state index is -0.959. The second-order valence-corrected chi connectivity index (χ2v) is 6.56. The van der Waals surface area contributed by atoms with Gasteiger partial charge in [-0.2, -0.15) is 0 Å². The Morgan fingerprint density at radius 2 is 2.00 bits per heavy atom. The first-order valence-electron chi connectivity index (χ1n) is 7.28. The Labute approximate surface area is 128 Å². The highest BCUT2D eigenvalue weighted by atomic mass is 19.2.